The summed E-state index contributed by atoms with van der Waals surface area (Å²) in [5, 5.41) is 110. The van der Waals surface area contributed by atoms with Gasteiger partial charge in [-0.1, -0.05) is 53.2 Å². The van der Waals surface area contributed by atoms with Gasteiger partial charge in [0.15, 0.2) is 18.7 Å². The highest BCUT2D eigenvalue weighted by atomic mass is 16.8. The zero-order valence-corrected chi connectivity index (χ0v) is 43.6. The quantitative estimate of drug-likeness (QED) is 0.0753. The molecule has 21 heteroatoms. The SMILES string of the molecule is CC(=O)OC[C@H]1O[C@@H](OC(=O)[C@]23CCC(C)(C)C[C@H]2C2=CC[C@@H]4[C@]5(C)C[C@H](O)[C@H](O)[C@@](C)(COC(C)=O)[C@@H]5CC[C@@]4(C)[C@]2(C)CC3)[C@H](O[C@@H]2O[C@@H](C)[C@H](O)[C@@H](O)[C@H]2O)[C@@H](O[C@@H]2O[C@H](CO)[C@H](O)[C@H](O)[C@H]2O)[C@@H]1O. The minimum atomic E-state index is -1.99. The molecule has 3 aliphatic heterocycles. The zero-order valence-electron chi connectivity index (χ0n) is 43.6. The van der Waals surface area contributed by atoms with Crippen LogP contribution in [-0.2, 0) is 52.3 Å². The largest absolute Gasteiger partial charge is 0.465 e. The van der Waals surface area contributed by atoms with Crippen molar-refractivity contribution < 1.29 is 103 Å². The molecule has 0 bridgehead atoms. The summed E-state index contributed by atoms with van der Waals surface area (Å²) in [6.07, 6.45) is -20.9. The van der Waals surface area contributed by atoms with E-state index < -0.39 is 157 Å². The number of rotatable bonds is 11. The molecule has 7 fully saturated rings. The van der Waals surface area contributed by atoms with E-state index in [2.05, 4.69) is 40.7 Å². The Morgan fingerprint density at radius 3 is 1.90 bits per heavy atom. The number of aliphatic hydroxyl groups excluding tert-OH is 10. The van der Waals surface area contributed by atoms with Gasteiger partial charge in [-0.25, -0.2) is 0 Å². The minimum absolute atomic E-state index is 0.0243. The molecule has 3 saturated heterocycles. The van der Waals surface area contributed by atoms with Crippen LogP contribution in [0.5, 0.6) is 0 Å². The van der Waals surface area contributed by atoms with Crippen LogP contribution in [0.15, 0.2) is 11.6 Å². The van der Waals surface area contributed by atoms with Crippen molar-refractivity contribution in [1.29, 1.82) is 0 Å². The number of esters is 3. The fourth-order valence-electron chi connectivity index (χ4n) is 15.5. The summed E-state index contributed by atoms with van der Waals surface area (Å²) in [6, 6.07) is 0. The van der Waals surface area contributed by atoms with Crippen LogP contribution in [0.25, 0.3) is 0 Å². The van der Waals surface area contributed by atoms with Crippen molar-refractivity contribution in [2.45, 2.75) is 224 Å². The fourth-order valence-corrected chi connectivity index (χ4v) is 15.5. The first-order valence-corrected chi connectivity index (χ1v) is 26.2. The van der Waals surface area contributed by atoms with E-state index in [1.165, 1.54) is 13.8 Å². The van der Waals surface area contributed by atoms with E-state index >= 15 is 4.79 Å². The Kier molecular flexibility index (Phi) is 15.9. The number of aliphatic hydroxyl groups is 10. The van der Waals surface area contributed by atoms with Crippen LogP contribution < -0.4 is 0 Å². The molecule has 0 radical (unpaired) electrons. The smallest absolute Gasteiger partial charge is 0.315 e. The lowest BCUT2D eigenvalue weighted by atomic mass is 9.33. The van der Waals surface area contributed by atoms with Gasteiger partial charge >= 0.3 is 17.9 Å². The third-order valence-corrected chi connectivity index (χ3v) is 19.9. The molecule has 0 aromatic carbocycles. The molecule has 8 aliphatic rings. The van der Waals surface area contributed by atoms with E-state index in [0.29, 0.717) is 51.4 Å². The van der Waals surface area contributed by atoms with Gasteiger partial charge in [-0.05, 0) is 104 Å². The van der Waals surface area contributed by atoms with Gasteiger partial charge < -0.3 is 89.0 Å². The molecule has 73 heavy (non-hydrogen) atoms. The van der Waals surface area contributed by atoms with Crippen molar-refractivity contribution in [2.75, 3.05) is 19.8 Å². The van der Waals surface area contributed by atoms with Crippen LogP contribution in [0.4, 0.5) is 0 Å². The summed E-state index contributed by atoms with van der Waals surface area (Å²) >= 11 is 0. The molecule has 10 N–H and O–H groups in total. The van der Waals surface area contributed by atoms with Crippen molar-refractivity contribution >= 4 is 17.9 Å². The van der Waals surface area contributed by atoms with E-state index in [0.717, 1.165) is 18.9 Å². The third-order valence-electron chi connectivity index (χ3n) is 19.9. The molecule has 21 nitrogen and oxygen atoms in total. The number of ether oxygens (including phenoxy) is 8. The van der Waals surface area contributed by atoms with Gasteiger partial charge in [-0.3, -0.25) is 14.4 Å². The molecule has 5 aliphatic carbocycles. The average molecular weight is 1040 g/mol. The van der Waals surface area contributed by atoms with Gasteiger partial charge in [0.2, 0.25) is 6.29 Å². The minimum Gasteiger partial charge on any atom is -0.465 e. The third kappa shape index (κ3) is 9.52. The Hall–Kier alpha value is -2.45. The van der Waals surface area contributed by atoms with E-state index in [1.54, 1.807) is 0 Å². The Bertz CT molecular complexity index is 2070. The normalized spacial score (nSPS) is 51.5. The maximum atomic E-state index is 15.7. The molecular formula is C52H82O21. The van der Waals surface area contributed by atoms with Crippen molar-refractivity contribution in [3.63, 3.8) is 0 Å². The van der Waals surface area contributed by atoms with Crippen LogP contribution in [0.3, 0.4) is 0 Å². The van der Waals surface area contributed by atoms with Gasteiger partial charge in [0.05, 0.1) is 36.9 Å². The summed E-state index contributed by atoms with van der Waals surface area (Å²) in [5.74, 6) is -2.29. The second-order valence-corrected chi connectivity index (χ2v) is 24.7. The molecule has 3 heterocycles. The predicted molar refractivity (Wildman–Crippen MR) is 251 cm³/mol. The lowest BCUT2D eigenvalue weighted by Gasteiger charge is -2.71. The lowest BCUT2D eigenvalue weighted by molar-refractivity contribution is -0.387. The first kappa shape index (κ1) is 56.7. The molecule has 25 atom stereocenters. The summed E-state index contributed by atoms with van der Waals surface area (Å²) in [7, 11) is 0. The highest BCUT2D eigenvalue weighted by molar-refractivity contribution is 5.79. The van der Waals surface area contributed by atoms with Crippen molar-refractivity contribution in [1.82, 2.24) is 0 Å². The Balaban J connectivity index is 1.16. The first-order valence-electron chi connectivity index (χ1n) is 26.2. The molecule has 0 spiro atoms. The van der Waals surface area contributed by atoms with Gasteiger partial charge in [-0.15, -0.1) is 0 Å². The van der Waals surface area contributed by atoms with E-state index in [9.17, 15) is 60.7 Å². The first-order chi connectivity index (χ1) is 34.0. The summed E-state index contributed by atoms with van der Waals surface area (Å²) in [4.78, 5) is 40.0. The van der Waals surface area contributed by atoms with Gasteiger partial charge in [-0.2, -0.15) is 0 Å². The average Bonchev–Trinajstić information content (AvgIpc) is 3.32. The Morgan fingerprint density at radius 1 is 0.658 bits per heavy atom. The van der Waals surface area contributed by atoms with Crippen LogP contribution in [0, 0.1) is 50.2 Å². The summed E-state index contributed by atoms with van der Waals surface area (Å²) in [5.41, 5.74) is -2.41. The molecule has 0 unspecified atom stereocenters. The van der Waals surface area contributed by atoms with Crippen LogP contribution in [0.1, 0.15) is 120 Å². The molecule has 4 saturated carbocycles. The highest BCUT2D eigenvalue weighted by Gasteiger charge is 2.71. The number of carbonyl (C=O) groups excluding carboxylic acids is 3. The molecular weight excluding hydrogens is 961 g/mol. The Labute approximate surface area is 426 Å². The van der Waals surface area contributed by atoms with Gasteiger partial charge in [0.25, 0.3) is 0 Å². The molecule has 0 amide bonds. The molecule has 0 aromatic rings. The predicted octanol–water partition coefficient (Wildman–Crippen LogP) is 0.253. The van der Waals surface area contributed by atoms with Crippen LogP contribution in [-0.4, -0.2) is 193 Å². The van der Waals surface area contributed by atoms with Crippen LogP contribution in [0.2, 0.25) is 0 Å². The summed E-state index contributed by atoms with van der Waals surface area (Å²) < 4.78 is 47.7. The molecule has 0 aromatic heterocycles. The topological polar surface area (TPSA) is 327 Å². The Morgan fingerprint density at radius 2 is 1.26 bits per heavy atom. The van der Waals surface area contributed by atoms with E-state index in [4.69, 9.17) is 37.9 Å². The summed E-state index contributed by atoms with van der Waals surface area (Å²) in [6.45, 7) is 15.5. The lowest BCUT2D eigenvalue weighted by Crippen LogP contribution is -2.68. The second-order valence-electron chi connectivity index (χ2n) is 24.7. The number of hydrogen-bond acceptors (Lipinski definition) is 21. The van der Waals surface area contributed by atoms with E-state index in [1.807, 2.05) is 6.92 Å². The molecule has 8 rings (SSSR count). The van der Waals surface area contributed by atoms with Gasteiger partial charge in [0, 0.05) is 19.3 Å². The maximum Gasteiger partial charge on any atom is 0.315 e. The fraction of sp³-hybridized carbons (Fsp3) is 0.904. The van der Waals surface area contributed by atoms with Crippen molar-refractivity contribution in [3.05, 3.63) is 11.6 Å². The highest BCUT2D eigenvalue weighted by Crippen LogP contribution is 2.76. The number of fused-ring (bicyclic) bond motifs is 7. The standard InChI is InChI=1S/C52H82O21/c1-23-33(57)36(60)38(62)43(68-23)72-41-40(71-44-39(63)37(61)34(58)29(20-53)69-44)35(59)30(21-66-24(2)54)70-45(41)73-46(65)52-16-14-47(4,5)18-27(52)26-10-11-32-48(6)19-28(56)42(64)49(7,22-67-25(3)55)31(48)12-13-51(32,9)50(26,8)15-17-52/h10,23,27-45,53,56-64H,11-22H2,1-9H3/t23-,27-,28-,29+,30+,31+,32+,33-,34-,35+,36+,37-,38+,39+,40-,41+,42-,43-,44-,45-,48+,49-,50+,51+,52-/m0/s1. The monoisotopic (exact) mass is 1040 g/mol. The van der Waals surface area contributed by atoms with Crippen molar-refractivity contribution in [3.8, 4) is 0 Å². The number of carbonyl (C=O) groups is 3. The molecule has 416 valence electrons. The van der Waals surface area contributed by atoms with Crippen molar-refractivity contribution in [2.24, 2.45) is 50.2 Å². The number of allylic oxidation sites excluding steroid dienone is 2. The maximum absolute atomic E-state index is 15.7. The van der Waals surface area contributed by atoms with Gasteiger partial charge in [0.1, 0.15) is 67.6 Å². The zero-order chi connectivity index (χ0) is 53.7. The van der Waals surface area contributed by atoms with E-state index in [-0.39, 0.29) is 35.2 Å². The second kappa shape index (κ2) is 20.4. The van der Waals surface area contributed by atoms with Crippen LogP contribution >= 0.6 is 0 Å². The number of hydrogen-bond donors (Lipinski definition) is 10.